The van der Waals surface area contributed by atoms with Gasteiger partial charge in [0.1, 0.15) is 0 Å². The summed E-state index contributed by atoms with van der Waals surface area (Å²) in [4.78, 5) is 0. The summed E-state index contributed by atoms with van der Waals surface area (Å²) in [6.07, 6.45) is 1.83. The smallest absolute Gasteiger partial charge is 0.244 e. The van der Waals surface area contributed by atoms with Crippen molar-refractivity contribution in [2.45, 2.75) is 13.3 Å². The fraction of sp³-hybridized carbons (Fsp3) is 0.400. The summed E-state index contributed by atoms with van der Waals surface area (Å²) >= 11 is 0. The predicted molar refractivity (Wildman–Crippen MR) is 51.2 cm³/mol. The molecule has 0 aromatic heterocycles. The normalized spacial score (nSPS) is 16.5. The average molecular weight is 288 g/mol. The van der Waals surface area contributed by atoms with Gasteiger partial charge in [0.15, 0.2) is 0 Å². The largest absolute Gasteiger partial charge is 0.390 e. The van der Waals surface area contributed by atoms with Crippen molar-refractivity contribution >= 4 is 0 Å². The summed E-state index contributed by atoms with van der Waals surface area (Å²) < 4.78 is 25.1. The quantitative estimate of drug-likeness (QED) is 0.719. The first-order valence-electron chi connectivity index (χ1n) is 4.20. The minimum Gasteiger partial charge on any atom is -0.390 e. The molecule has 0 saturated heterocycles. The average Bonchev–Trinajstić information content (AvgIpc) is 2.07. The molecule has 0 bridgehead atoms. The van der Waals surface area contributed by atoms with Crippen molar-refractivity contribution in [3.8, 4) is 0 Å². The predicted octanol–water partition coefficient (Wildman–Crippen LogP) is 2.19. The Hall–Kier alpha value is -0.0561. The number of hydrazine groups is 1. The zero-order valence-electron chi connectivity index (χ0n) is 9.09. The van der Waals surface area contributed by atoms with Crippen LogP contribution in [-0.2, 0) is 32.7 Å². The molecule has 0 amide bonds. The molecule has 0 aromatic carbocycles. The number of nitrogens with zero attached hydrogens (tertiary/aromatic N) is 2. The summed E-state index contributed by atoms with van der Waals surface area (Å²) in [7, 11) is 3.50. The van der Waals surface area contributed by atoms with E-state index in [0.29, 0.717) is 5.57 Å². The maximum atomic E-state index is 12.6. The molecule has 81 valence electrons. The maximum Gasteiger partial charge on any atom is 0.244 e. The minimum absolute atomic E-state index is 0. The van der Waals surface area contributed by atoms with Gasteiger partial charge >= 0.3 is 0 Å². The molecule has 1 rings (SSSR count). The Labute approximate surface area is 114 Å². The summed E-state index contributed by atoms with van der Waals surface area (Å²) in [5.41, 5.74) is 0.895. The van der Waals surface area contributed by atoms with Crippen LogP contribution in [0.3, 0.4) is 0 Å². The van der Waals surface area contributed by atoms with Gasteiger partial charge in [0.25, 0.3) is 0 Å². The molecular weight excluding hydrogens is 275 g/mol. The Morgan fingerprint density at radius 1 is 1.47 bits per heavy atom. The van der Waals surface area contributed by atoms with Gasteiger partial charge in [-0.1, -0.05) is 24.4 Å². The van der Waals surface area contributed by atoms with Crippen LogP contribution in [0.15, 0.2) is 29.5 Å². The van der Waals surface area contributed by atoms with Crippen LogP contribution in [0.4, 0.5) is 8.78 Å². The fourth-order valence-corrected chi connectivity index (χ4v) is 1.24. The molecule has 0 unspecified atom stereocenters. The molecule has 0 saturated carbocycles. The Morgan fingerprint density at radius 3 is 2.40 bits per heavy atom. The van der Waals surface area contributed by atoms with Crippen LogP contribution in [0.5, 0.6) is 0 Å². The molecule has 1 aliphatic heterocycles. The second-order valence-corrected chi connectivity index (χ2v) is 3.30. The first-order chi connectivity index (χ1) is 6.43. The van der Waals surface area contributed by atoms with Crippen molar-refractivity contribution in [1.82, 2.24) is 10.0 Å². The topological polar surface area (TPSA) is 6.48 Å². The van der Waals surface area contributed by atoms with Crippen molar-refractivity contribution in [3.05, 3.63) is 35.7 Å². The van der Waals surface area contributed by atoms with Gasteiger partial charge in [-0.05, 0) is 0 Å². The summed E-state index contributed by atoms with van der Waals surface area (Å²) in [6.45, 7) is 5.34. The number of allylic oxidation sites excluding steroid dienone is 3. The van der Waals surface area contributed by atoms with Gasteiger partial charge in [-0.2, -0.15) is 6.08 Å². The van der Waals surface area contributed by atoms with Crippen LogP contribution < -0.4 is 0 Å². The number of halogens is 2. The molecular formula is C10H13F2N2Y-. The maximum absolute atomic E-state index is 12.6. The van der Waals surface area contributed by atoms with E-state index in [1.807, 2.05) is 0 Å². The second-order valence-electron chi connectivity index (χ2n) is 3.30. The first kappa shape index (κ1) is 14.9. The summed E-state index contributed by atoms with van der Waals surface area (Å²) in [5.74, 6) is 0. The van der Waals surface area contributed by atoms with E-state index in [1.54, 1.807) is 26.0 Å². The van der Waals surface area contributed by atoms with E-state index < -0.39 is 6.43 Å². The van der Waals surface area contributed by atoms with E-state index in [0.717, 1.165) is 0 Å². The van der Waals surface area contributed by atoms with Gasteiger partial charge in [0.2, 0.25) is 6.43 Å². The van der Waals surface area contributed by atoms with Gasteiger partial charge in [0, 0.05) is 46.8 Å². The molecule has 1 heterocycles. The third kappa shape index (κ3) is 3.47. The van der Waals surface area contributed by atoms with E-state index in [2.05, 4.69) is 12.8 Å². The molecule has 1 radical (unpaired) electrons. The van der Waals surface area contributed by atoms with Crippen molar-refractivity contribution in [3.63, 3.8) is 0 Å². The van der Waals surface area contributed by atoms with E-state index in [4.69, 9.17) is 0 Å². The minimum atomic E-state index is -2.50. The van der Waals surface area contributed by atoms with Crippen molar-refractivity contribution in [1.29, 1.82) is 0 Å². The Kier molecular flexibility index (Phi) is 5.85. The second kappa shape index (κ2) is 5.87. The zero-order chi connectivity index (χ0) is 10.9. The van der Waals surface area contributed by atoms with E-state index in [-0.39, 0.29) is 44.0 Å². The molecule has 2 nitrogen and oxygen atoms in total. The molecule has 0 spiro atoms. The Balaban J connectivity index is 0.00000196. The molecule has 0 aromatic rings. The van der Waals surface area contributed by atoms with Crippen LogP contribution in [0.1, 0.15) is 6.92 Å². The van der Waals surface area contributed by atoms with E-state index in [1.165, 1.54) is 11.1 Å². The monoisotopic (exact) mass is 288 g/mol. The molecule has 0 atom stereocenters. The van der Waals surface area contributed by atoms with Crippen LogP contribution >= 0.6 is 0 Å². The van der Waals surface area contributed by atoms with Crippen LogP contribution in [0, 0.1) is 6.20 Å². The van der Waals surface area contributed by atoms with Gasteiger partial charge in [-0.25, -0.2) is 13.8 Å². The van der Waals surface area contributed by atoms with Crippen LogP contribution in [0.2, 0.25) is 0 Å². The summed E-state index contributed by atoms with van der Waals surface area (Å²) in [6, 6.07) is 0. The van der Waals surface area contributed by atoms with Gasteiger partial charge in [0.05, 0.1) is 0 Å². The summed E-state index contributed by atoms with van der Waals surface area (Å²) in [5, 5.41) is 3.14. The number of alkyl halides is 2. The van der Waals surface area contributed by atoms with Crippen molar-refractivity contribution < 1.29 is 41.5 Å². The Bertz CT molecular complexity index is 309. The Morgan fingerprint density at radius 2 is 2.00 bits per heavy atom. The van der Waals surface area contributed by atoms with Crippen molar-refractivity contribution in [2.24, 2.45) is 0 Å². The number of hydrogen-bond donors (Lipinski definition) is 0. The van der Waals surface area contributed by atoms with Crippen LogP contribution in [-0.4, -0.2) is 30.5 Å². The zero-order valence-corrected chi connectivity index (χ0v) is 11.9. The van der Waals surface area contributed by atoms with E-state index >= 15 is 0 Å². The molecule has 0 aliphatic carbocycles. The molecule has 15 heavy (non-hydrogen) atoms. The SMILES string of the molecule is C=C1C(C(F)F)=CC(C)=[C-]N1N(C)C.[Y]. The van der Waals surface area contributed by atoms with Crippen molar-refractivity contribution in [2.75, 3.05) is 14.1 Å². The molecule has 5 heteroatoms. The first-order valence-corrected chi connectivity index (χ1v) is 4.20. The third-order valence-corrected chi connectivity index (χ3v) is 1.88. The fourth-order valence-electron chi connectivity index (χ4n) is 1.24. The molecule has 0 N–H and O–H groups in total. The molecule has 0 fully saturated rings. The third-order valence-electron chi connectivity index (χ3n) is 1.88. The standard InChI is InChI=1S/C10H13F2N2.Y/c1-7-5-9(10(11)12)8(2)14(6-7)13(3)4;/h5,10H,2H2,1,3-4H3;/q-1;. The number of rotatable bonds is 2. The van der Waals surface area contributed by atoms with Gasteiger partial charge in [-0.3, -0.25) is 0 Å². The van der Waals surface area contributed by atoms with Crippen LogP contribution in [0.25, 0.3) is 0 Å². The van der Waals surface area contributed by atoms with Gasteiger partial charge in [-0.15, -0.1) is 12.2 Å². The van der Waals surface area contributed by atoms with E-state index in [9.17, 15) is 8.78 Å². The molecule has 1 aliphatic rings. The number of hydrogen-bond acceptors (Lipinski definition) is 2. The van der Waals surface area contributed by atoms with Gasteiger partial charge < -0.3 is 5.01 Å².